The van der Waals surface area contributed by atoms with Gasteiger partial charge in [-0.3, -0.25) is 0 Å². The molecule has 1 heterocycles. The SMILES string of the molecule is CC(O)c1ccc(OC2CCOC3(CCC3)C2)cc1F. The number of hydrogen-bond acceptors (Lipinski definition) is 3. The smallest absolute Gasteiger partial charge is 0.132 e. The number of halogens is 1. The van der Waals surface area contributed by atoms with Gasteiger partial charge in [-0.15, -0.1) is 0 Å². The first-order valence-corrected chi connectivity index (χ1v) is 7.36. The minimum atomic E-state index is -0.801. The fourth-order valence-corrected chi connectivity index (χ4v) is 3.12. The lowest BCUT2D eigenvalue weighted by atomic mass is 9.74. The summed E-state index contributed by atoms with van der Waals surface area (Å²) in [7, 11) is 0. The standard InChI is InChI=1S/C16H21FO3/c1-11(18)14-4-3-12(9-15(14)17)20-13-5-8-19-16(10-13)6-2-7-16/h3-4,9,11,13,18H,2,5-8,10H2,1H3. The van der Waals surface area contributed by atoms with E-state index < -0.39 is 11.9 Å². The van der Waals surface area contributed by atoms with Gasteiger partial charge in [0, 0.05) is 24.5 Å². The Labute approximate surface area is 118 Å². The largest absolute Gasteiger partial charge is 0.490 e. The fraction of sp³-hybridized carbons (Fsp3) is 0.625. The van der Waals surface area contributed by atoms with Crippen molar-refractivity contribution in [2.75, 3.05) is 6.61 Å². The van der Waals surface area contributed by atoms with Gasteiger partial charge >= 0.3 is 0 Å². The lowest BCUT2D eigenvalue weighted by molar-refractivity contribution is -0.153. The van der Waals surface area contributed by atoms with Crippen LogP contribution >= 0.6 is 0 Å². The van der Waals surface area contributed by atoms with E-state index in [9.17, 15) is 9.50 Å². The van der Waals surface area contributed by atoms with Crippen molar-refractivity contribution >= 4 is 0 Å². The Morgan fingerprint density at radius 2 is 2.25 bits per heavy atom. The van der Waals surface area contributed by atoms with Crippen molar-refractivity contribution in [3.63, 3.8) is 0 Å². The molecule has 0 radical (unpaired) electrons. The van der Waals surface area contributed by atoms with Crippen LogP contribution in [0.2, 0.25) is 0 Å². The molecule has 0 aromatic heterocycles. The summed E-state index contributed by atoms with van der Waals surface area (Å²) in [5.74, 6) is 0.121. The summed E-state index contributed by atoms with van der Waals surface area (Å²) in [4.78, 5) is 0. The van der Waals surface area contributed by atoms with Crippen LogP contribution in [0.15, 0.2) is 18.2 Å². The van der Waals surface area contributed by atoms with Gasteiger partial charge in [0.2, 0.25) is 0 Å². The average molecular weight is 280 g/mol. The zero-order valence-electron chi connectivity index (χ0n) is 11.8. The minimum Gasteiger partial charge on any atom is -0.490 e. The molecule has 2 atom stereocenters. The molecular weight excluding hydrogens is 259 g/mol. The minimum absolute atomic E-state index is 0.0288. The highest BCUT2D eigenvalue weighted by atomic mass is 19.1. The Kier molecular flexibility index (Phi) is 3.69. The molecule has 20 heavy (non-hydrogen) atoms. The van der Waals surface area contributed by atoms with E-state index in [1.54, 1.807) is 19.1 Å². The molecule has 1 spiro atoms. The van der Waals surface area contributed by atoms with Crippen LogP contribution in [0.1, 0.15) is 50.7 Å². The number of ether oxygens (including phenoxy) is 2. The Morgan fingerprint density at radius 1 is 1.45 bits per heavy atom. The first-order valence-electron chi connectivity index (χ1n) is 7.36. The predicted molar refractivity (Wildman–Crippen MR) is 73.2 cm³/mol. The summed E-state index contributed by atoms with van der Waals surface area (Å²) in [6.07, 6.45) is 4.49. The molecule has 2 aliphatic rings. The first kappa shape index (κ1) is 13.8. The Hall–Kier alpha value is -1.13. The van der Waals surface area contributed by atoms with Crippen LogP contribution in [0.3, 0.4) is 0 Å². The van der Waals surface area contributed by atoms with Crippen molar-refractivity contribution in [1.29, 1.82) is 0 Å². The summed E-state index contributed by atoms with van der Waals surface area (Å²) in [6, 6.07) is 4.69. The molecule has 4 heteroatoms. The zero-order chi connectivity index (χ0) is 14.2. The quantitative estimate of drug-likeness (QED) is 0.922. The van der Waals surface area contributed by atoms with E-state index in [2.05, 4.69) is 0 Å². The Bertz CT molecular complexity index is 483. The third-order valence-electron chi connectivity index (χ3n) is 4.44. The molecule has 0 bridgehead atoms. The summed E-state index contributed by atoms with van der Waals surface area (Å²) in [5.41, 5.74) is 0.334. The predicted octanol–water partition coefficient (Wildman–Crippen LogP) is 3.36. The Balaban J connectivity index is 1.67. The number of benzene rings is 1. The highest BCUT2D eigenvalue weighted by molar-refractivity contribution is 5.30. The van der Waals surface area contributed by atoms with E-state index >= 15 is 0 Å². The highest BCUT2D eigenvalue weighted by Gasteiger charge is 2.43. The van der Waals surface area contributed by atoms with Gasteiger partial charge in [-0.25, -0.2) is 4.39 Å². The number of aliphatic hydroxyl groups excluding tert-OH is 1. The second kappa shape index (κ2) is 5.34. The van der Waals surface area contributed by atoms with Gasteiger partial charge in [-0.05, 0) is 38.3 Å². The van der Waals surface area contributed by atoms with Crippen LogP contribution in [0.4, 0.5) is 4.39 Å². The maximum atomic E-state index is 13.8. The van der Waals surface area contributed by atoms with Gasteiger partial charge in [0.1, 0.15) is 17.7 Å². The molecule has 2 unspecified atom stereocenters. The van der Waals surface area contributed by atoms with Crippen LogP contribution in [-0.2, 0) is 4.74 Å². The van der Waals surface area contributed by atoms with E-state index in [0.29, 0.717) is 11.3 Å². The lowest BCUT2D eigenvalue weighted by Gasteiger charge is -2.46. The van der Waals surface area contributed by atoms with Gasteiger partial charge in [0.25, 0.3) is 0 Å². The Morgan fingerprint density at radius 3 is 2.85 bits per heavy atom. The van der Waals surface area contributed by atoms with Crippen molar-refractivity contribution in [3.05, 3.63) is 29.6 Å². The number of hydrogen-bond donors (Lipinski definition) is 1. The zero-order valence-corrected chi connectivity index (χ0v) is 11.8. The third kappa shape index (κ3) is 2.67. The van der Waals surface area contributed by atoms with Crippen LogP contribution in [-0.4, -0.2) is 23.4 Å². The fourth-order valence-electron chi connectivity index (χ4n) is 3.12. The van der Waals surface area contributed by atoms with Gasteiger partial charge in [0.05, 0.1) is 18.3 Å². The average Bonchev–Trinajstić information content (AvgIpc) is 2.37. The van der Waals surface area contributed by atoms with E-state index in [1.807, 2.05) is 0 Å². The normalized spacial score (nSPS) is 26.1. The summed E-state index contributed by atoms with van der Waals surface area (Å²) >= 11 is 0. The molecule has 2 fully saturated rings. The van der Waals surface area contributed by atoms with Gasteiger partial charge < -0.3 is 14.6 Å². The van der Waals surface area contributed by atoms with E-state index in [1.165, 1.54) is 12.5 Å². The number of rotatable bonds is 3. The van der Waals surface area contributed by atoms with Crippen molar-refractivity contribution in [2.24, 2.45) is 0 Å². The molecule has 1 aliphatic carbocycles. The molecule has 1 aromatic rings. The molecule has 1 aromatic carbocycles. The molecule has 1 N–H and O–H groups in total. The monoisotopic (exact) mass is 280 g/mol. The molecule has 110 valence electrons. The van der Waals surface area contributed by atoms with Crippen molar-refractivity contribution in [1.82, 2.24) is 0 Å². The molecule has 0 amide bonds. The molecule has 3 rings (SSSR count). The second-order valence-electron chi connectivity index (χ2n) is 5.98. The van der Waals surface area contributed by atoms with Crippen LogP contribution in [0.25, 0.3) is 0 Å². The molecule has 1 saturated heterocycles. The van der Waals surface area contributed by atoms with E-state index in [-0.39, 0.29) is 11.7 Å². The van der Waals surface area contributed by atoms with Gasteiger partial charge in [0.15, 0.2) is 0 Å². The van der Waals surface area contributed by atoms with Crippen molar-refractivity contribution in [2.45, 2.75) is 56.8 Å². The molecule has 1 aliphatic heterocycles. The lowest BCUT2D eigenvalue weighted by Crippen LogP contribution is -2.48. The van der Waals surface area contributed by atoms with Crippen LogP contribution < -0.4 is 4.74 Å². The van der Waals surface area contributed by atoms with Gasteiger partial charge in [-0.2, -0.15) is 0 Å². The van der Waals surface area contributed by atoms with E-state index in [0.717, 1.165) is 32.3 Å². The van der Waals surface area contributed by atoms with Crippen LogP contribution in [0, 0.1) is 5.82 Å². The van der Waals surface area contributed by atoms with Gasteiger partial charge in [-0.1, -0.05) is 0 Å². The van der Waals surface area contributed by atoms with E-state index in [4.69, 9.17) is 9.47 Å². The highest BCUT2D eigenvalue weighted by Crippen LogP contribution is 2.43. The third-order valence-corrected chi connectivity index (χ3v) is 4.44. The number of aliphatic hydroxyl groups is 1. The topological polar surface area (TPSA) is 38.7 Å². The summed E-state index contributed by atoms with van der Waals surface area (Å²) < 4.78 is 25.6. The molecule has 3 nitrogen and oxygen atoms in total. The van der Waals surface area contributed by atoms with Crippen molar-refractivity contribution < 1.29 is 19.0 Å². The first-order chi connectivity index (χ1) is 9.58. The molecular formula is C16H21FO3. The maximum absolute atomic E-state index is 13.8. The molecule has 1 saturated carbocycles. The van der Waals surface area contributed by atoms with Crippen molar-refractivity contribution in [3.8, 4) is 5.75 Å². The second-order valence-corrected chi connectivity index (χ2v) is 5.98. The maximum Gasteiger partial charge on any atom is 0.132 e. The summed E-state index contributed by atoms with van der Waals surface area (Å²) in [6.45, 7) is 2.27. The van der Waals surface area contributed by atoms with Crippen LogP contribution in [0.5, 0.6) is 5.75 Å². The summed E-state index contributed by atoms with van der Waals surface area (Å²) in [5, 5.41) is 9.43.